The number of likely N-dealkylation sites (tertiary alicyclic amines) is 2. The molecule has 0 saturated carbocycles. The quantitative estimate of drug-likeness (QED) is 0.327. The summed E-state index contributed by atoms with van der Waals surface area (Å²) < 4.78 is 38.4. The number of rotatable bonds is 7. The molecule has 9 heteroatoms. The fourth-order valence-corrected chi connectivity index (χ4v) is 6.59. The maximum absolute atomic E-state index is 12.9. The monoisotopic (exact) mass is 583 g/mol. The van der Waals surface area contributed by atoms with Crippen molar-refractivity contribution >= 4 is 35.0 Å². The van der Waals surface area contributed by atoms with E-state index in [-0.39, 0.29) is 33.6 Å². The third kappa shape index (κ3) is 8.84. The molecule has 4 nitrogen and oxygen atoms in total. The van der Waals surface area contributed by atoms with E-state index in [1.807, 2.05) is 4.90 Å². The zero-order valence-electron chi connectivity index (χ0n) is 23.2. The number of nitrogens with one attached hydrogen (secondary N) is 1. The fraction of sp³-hybridized carbons (Fsp3) is 0.633. The summed E-state index contributed by atoms with van der Waals surface area (Å²) in [5.41, 5.74) is -2.11. The van der Waals surface area contributed by atoms with Crippen LogP contribution in [0.15, 0.2) is 47.0 Å². The molecule has 0 spiro atoms. The van der Waals surface area contributed by atoms with Crippen LogP contribution in [0.5, 0.6) is 0 Å². The van der Waals surface area contributed by atoms with Gasteiger partial charge >= 0.3 is 5.51 Å². The smallest absolute Gasteiger partial charge is 0.382 e. The summed E-state index contributed by atoms with van der Waals surface area (Å²) in [6, 6.07) is 4.76. The number of anilines is 1. The van der Waals surface area contributed by atoms with E-state index >= 15 is 0 Å². The Morgan fingerprint density at radius 2 is 1.77 bits per heavy atom. The van der Waals surface area contributed by atoms with Crippen molar-refractivity contribution in [2.24, 2.45) is 17.3 Å². The highest BCUT2D eigenvalue weighted by Crippen LogP contribution is 2.41. The van der Waals surface area contributed by atoms with Crippen LogP contribution in [0.2, 0.25) is 5.02 Å². The van der Waals surface area contributed by atoms with Crippen LogP contribution in [-0.2, 0) is 4.79 Å². The molecule has 2 aliphatic heterocycles. The normalized spacial score (nSPS) is 21.7. The van der Waals surface area contributed by atoms with Gasteiger partial charge in [0, 0.05) is 54.9 Å². The Labute approximate surface area is 240 Å². The molecule has 3 aliphatic rings. The third-order valence-corrected chi connectivity index (χ3v) is 9.54. The van der Waals surface area contributed by atoms with Crippen LogP contribution in [0, 0.1) is 17.3 Å². The largest absolute Gasteiger partial charge is 0.446 e. The molecule has 1 aliphatic carbocycles. The third-order valence-electron chi connectivity index (χ3n) is 8.31. The Balaban J connectivity index is 1.15. The van der Waals surface area contributed by atoms with Crippen molar-refractivity contribution in [1.82, 2.24) is 9.80 Å². The van der Waals surface area contributed by atoms with Crippen LogP contribution in [0.1, 0.15) is 65.7 Å². The first-order valence-electron chi connectivity index (χ1n) is 14.1. The molecular formula is C30H41ClF3N3OS. The second kappa shape index (κ2) is 12.8. The molecule has 4 rings (SSSR count). The van der Waals surface area contributed by atoms with Gasteiger partial charge in [-0.25, -0.2) is 0 Å². The summed E-state index contributed by atoms with van der Waals surface area (Å²) >= 11 is 5.75. The summed E-state index contributed by atoms with van der Waals surface area (Å²) in [4.78, 5) is 17.3. The number of hydrogen-bond acceptors (Lipinski definition) is 4. The first-order chi connectivity index (χ1) is 18.4. The van der Waals surface area contributed by atoms with Gasteiger partial charge < -0.3 is 15.1 Å². The van der Waals surface area contributed by atoms with E-state index < -0.39 is 5.51 Å². The van der Waals surface area contributed by atoms with E-state index in [1.54, 1.807) is 6.07 Å². The molecule has 1 N–H and O–H groups in total. The van der Waals surface area contributed by atoms with Crippen LogP contribution in [0.4, 0.5) is 18.9 Å². The minimum atomic E-state index is -4.38. The number of alkyl halides is 3. The van der Waals surface area contributed by atoms with Gasteiger partial charge in [-0.15, -0.1) is 0 Å². The van der Waals surface area contributed by atoms with Crippen LogP contribution in [0.3, 0.4) is 0 Å². The molecule has 216 valence electrons. The van der Waals surface area contributed by atoms with Gasteiger partial charge in [0.25, 0.3) is 0 Å². The van der Waals surface area contributed by atoms with E-state index in [4.69, 9.17) is 11.6 Å². The Kier molecular flexibility index (Phi) is 9.90. The molecule has 0 aromatic heterocycles. The Bertz CT molecular complexity index is 1050. The van der Waals surface area contributed by atoms with Gasteiger partial charge in [-0.1, -0.05) is 44.5 Å². The molecule has 1 aromatic rings. The van der Waals surface area contributed by atoms with Crippen molar-refractivity contribution in [1.29, 1.82) is 0 Å². The molecule has 2 heterocycles. The van der Waals surface area contributed by atoms with Gasteiger partial charge in [0.15, 0.2) is 0 Å². The van der Waals surface area contributed by atoms with Crippen molar-refractivity contribution < 1.29 is 18.0 Å². The average Bonchev–Trinajstić information content (AvgIpc) is 2.89. The van der Waals surface area contributed by atoms with Gasteiger partial charge in [0.2, 0.25) is 5.91 Å². The number of allylic oxidation sites excluding steroid dienone is 3. The van der Waals surface area contributed by atoms with Gasteiger partial charge in [0.05, 0.1) is 5.02 Å². The lowest BCUT2D eigenvalue weighted by atomic mass is 9.77. The SMILES string of the molecule is CC(C)(C)C1C=CC(N2CCC(CCC(=O)N3CCC(Nc4ccc(Cl)c(SC(F)(F)F)c4)CC3)CC2)=CC1. The topological polar surface area (TPSA) is 35.6 Å². The first kappa shape index (κ1) is 30.2. The zero-order valence-corrected chi connectivity index (χ0v) is 24.8. The van der Waals surface area contributed by atoms with E-state index in [2.05, 4.69) is 49.2 Å². The number of piperidine rings is 2. The number of hydrogen-bond donors (Lipinski definition) is 1. The van der Waals surface area contributed by atoms with E-state index in [1.165, 1.54) is 17.8 Å². The lowest BCUT2D eigenvalue weighted by Gasteiger charge is -2.37. The molecule has 2 saturated heterocycles. The summed E-state index contributed by atoms with van der Waals surface area (Å²) in [5.74, 6) is 1.41. The number of carbonyl (C=O) groups excluding carboxylic acids is 1. The van der Waals surface area contributed by atoms with Crippen molar-refractivity contribution in [3.8, 4) is 0 Å². The van der Waals surface area contributed by atoms with Crippen molar-refractivity contribution in [2.45, 2.75) is 82.2 Å². The van der Waals surface area contributed by atoms with Gasteiger partial charge in [-0.2, -0.15) is 13.2 Å². The minimum absolute atomic E-state index is 0.00582. The van der Waals surface area contributed by atoms with Crippen LogP contribution < -0.4 is 5.32 Å². The number of amides is 1. The molecular weight excluding hydrogens is 543 g/mol. The molecule has 39 heavy (non-hydrogen) atoms. The van der Waals surface area contributed by atoms with Crippen LogP contribution in [0.25, 0.3) is 0 Å². The molecule has 1 atom stereocenters. The fourth-order valence-electron chi connectivity index (χ4n) is 5.76. The number of carbonyl (C=O) groups is 1. The predicted molar refractivity (Wildman–Crippen MR) is 155 cm³/mol. The molecule has 2 fully saturated rings. The van der Waals surface area contributed by atoms with Crippen LogP contribution in [-0.4, -0.2) is 53.4 Å². The maximum Gasteiger partial charge on any atom is 0.446 e. The van der Waals surface area contributed by atoms with E-state index in [0.29, 0.717) is 42.4 Å². The summed E-state index contributed by atoms with van der Waals surface area (Å²) in [7, 11) is 0. The van der Waals surface area contributed by atoms with Gasteiger partial charge in [-0.05, 0) is 91.8 Å². The van der Waals surface area contributed by atoms with Gasteiger partial charge in [0.1, 0.15) is 0 Å². The Morgan fingerprint density at radius 1 is 1.08 bits per heavy atom. The first-order valence-corrected chi connectivity index (χ1v) is 15.3. The van der Waals surface area contributed by atoms with E-state index in [9.17, 15) is 18.0 Å². The highest BCUT2D eigenvalue weighted by atomic mass is 35.5. The summed E-state index contributed by atoms with van der Waals surface area (Å²) in [6.45, 7) is 10.3. The Morgan fingerprint density at radius 3 is 2.36 bits per heavy atom. The van der Waals surface area contributed by atoms with Crippen molar-refractivity contribution in [3.63, 3.8) is 0 Å². The molecule has 0 bridgehead atoms. The number of nitrogens with zero attached hydrogens (tertiary/aromatic N) is 2. The zero-order chi connectivity index (χ0) is 28.2. The second-order valence-electron chi connectivity index (χ2n) is 12.2. The minimum Gasteiger partial charge on any atom is -0.382 e. The molecule has 0 radical (unpaired) electrons. The van der Waals surface area contributed by atoms with Gasteiger partial charge in [-0.3, -0.25) is 4.79 Å². The summed E-state index contributed by atoms with van der Waals surface area (Å²) in [5, 5.41) is 3.42. The maximum atomic E-state index is 12.9. The lowest BCUT2D eigenvalue weighted by molar-refractivity contribution is -0.132. The highest BCUT2D eigenvalue weighted by molar-refractivity contribution is 8.00. The number of benzene rings is 1. The molecule has 1 aromatic carbocycles. The number of halogens is 4. The van der Waals surface area contributed by atoms with Crippen molar-refractivity contribution in [2.75, 3.05) is 31.5 Å². The molecule has 1 unspecified atom stereocenters. The van der Waals surface area contributed by atoms with Crippen molar-refractivity contribution in [3.05, 3.63) is 47.1 Å². The van der Waals surface area contributed by atoms with E-state index in [0.717, 1.165) is 51.6 Å². The summed E-state index contributed by atoms with van der Waals surface area (Å²) in [6.07, 6.45) is 13.5. The second-order valence-corrected chi connectivity index (χ2v) is 13.7. The van der Waals surface area contributed by atoms with Crippen LogP contribution >= 0.6 is 23.4 Å². The average molecular weight is 584 g/mol. The Hall–Kier alpha value is -1.80. The highest BCUT2D eigenvalue weighted by Gasteiger charge is 2.31. The number of thioether (sulfide) groups is 1. The lowest BCUT2D eigenvalue weighted by Crippen LogP contribution is -2.42. The molecule has 1 amide bonds. The standard InChI is InChI=1S/C30H41ClF3N3OS/c1-29(2,3)22-5-8-25(9-6-22)36-16-12-21(13-17-36)4-11-28(38)37-18-14-23(15-19-37)35-24-7-10-26(31)27(20-24)39-30(32,33)34/h5,7-10,20-23,35H,4,6,11-19H2,1-3H3. The predicted octanol–water partition coefficient (Wildman–Crippen LogP) is 8.35.